The summed E-state index contributed by atoms with van der Waals surface area (Å²) in [6.07, 6.45) is 4.29. The van der Waals surface area contributed by atoms with Gasteiger partial charge in [-0.15, -0.1) is 0 Å². The molecule has 0 fully saturated rings. The average molecular weight is 213 g/mol. The highest BCUT2D eigenvalue weighted by Gasteiger charge is 2.02. The van der Waals surface area contributed by atoms with E-state index in [1.54, 1.807) is 0 Å². The van der Waals surface area contributed by atoms with Gasteiger partial charge in [0.2, 0.25) is 0 Å². The zero-order chi connectivity index (χ0) is 10.9. The lowest BCUT2D eigenvalue weighted by Gasteiger charge is -2.02. The van der Waals surface area contributed by atoms with Crippen LogP contribution < -0.4 is 5.32 Å². The van der Waals surface area contributed by atoms with Crippen LogP contribution >= 0.6 is 0 Å². The van der Waals surface area contributed by atoms with E-state index in [9.17, 15) is 0 Å². The van der Waals surface area contributed by atoms with Crippen LogP contribution in [0.3, 0.4) is 0 Å². The third-order valence-electron chi connectivity index (χ3n) is 2.30. The maximum atomic E-state index is 8.58. The van der Waals surface area contributed by atoms with E-state index in [0.29, 0.717) is 6.61 Å². The fraction of sp³-hybridized carbons (Fsp3) is 0.800. The van der Waals surface area contributed by atoms with Gasteiger partial charge in [-0.3, -0.25) is 0 Å². The molecule has 5 heteroatoms. The van der Waals surface area contributed by atoms with Gasteiger partial charge in [0.25, 0.3) is 0 Å². The molecular weight excluding hydrogens is 194 g/mol. The lowest BCUT2D eigenvalue weighted by Crippen LogP contribution is -2.15. The van der Waals surface area contributed by atoms with Crippen molar-refractivity contribution >= 4 is 0 Å². The molecular formula is C10H19N3O2. The van der Waals surface area contributed by atoms with Gasteiger partial charge in [0, 0.05) is 13.2 Å². The molecule has 0 aliphatic rings. The van der Waals surface area contributed by atoms with E-state index in [1.807, 2.05) is 6.92 Å². The normalized spacial score (nSPS) is 10.8. The van der Waals surface area contributed by atoms with Gasteiger partial charge in [-0.2, -0.15) is 0 Å². The zero-order valence-electron chi connectivity index (χ0n) is 9.20. The zero-order valence-corrected chi connectivity index (χ0v) is 9.20. The molecule has 0 saturated heterocycles. The van der Waals surface area contributed by atoms with Crippen LogP contribution in [-0.2, 0) is 6.54 Å². The van der Waals surface area contributed by atoms with Crippen molar-refractivity contribution < 1.29 is 9.74 Å². The van der Waals surface area contributed by atoms with Crippen molar-refractivity contribution in [2.24, 2.45) is 0 Å². The Morgan fingerprint density at radius 3 is 2.67 bits per heavy atom. The van der Waals surface area contributed by atoms with E-state index < -0.39 is 0 Å². The van der Waals surface area contributed by atoms with Crippen molar-refractivity contribution in [2.75, 3.05) is 13.2 Å². The molecule has 15 heavy (non-hydrogen) atoms. The van der Waals surface area contributed by atoms with Crippen LogP contribution in [0, 0.1) is 6.92 Å². The summed E-state index contributed by atoms with van der Waals surface area (Å²) in [6.45, 7) is 3.87. The minimum Gasteiger partial charge on any atom is -0.396 e. The summed E-state index contributed by atoms with van der Waals surface area (Å²) in [5.41, 5.74) is 1.73. The number of aromatic nitrogens is 2. The first-order valence-electron chi connectivity index (χ1n) is 5.44. The molecule has 0 spiro atoms. The van der Waals surface area contributed by atoms with Crippen molar-refractivity contribution in [3.05, 3.63) is 11.4 Å². The molecule has 1 rings (SSSR count). The monoisotopic (exact) mass is 213 g/mol. The van der Waals surface area contributed by atoms with Crippen LogP contribution in [-0.4, -0.2) is 28.6 Å². The second-order valence-corrected chi connectivity index (χ2v) is 3.61. The number of aliphatic hydroxyl groups is 1. The minimum absolute atomic E-state index is 0.303. The van der Waals surface area contributed by atoms with Crippen LogP contribution in [0.25, 0.3) is 0 Å². The third kappa shape index (κ3) is 4.90. The molecule has 2 N–H and O–H groups in total. The Kier molecular flexibility index (Phi) is 5.96. The Labute approximate surface area is 89.8 Å². The van der Waals surface area contributed by atoms with Crippen molar-refractivity contribution in [1.29, 1.82) is 0 Å². The molecule has 0 radical (unpaired) electrons. The number of aryl methyl sites for hydroxylation is 1. The highest BCUT2D eigenvalue weighted by atomic mass is 16.6. The van der Waals surface area contributed by atoms with Gasteiger partial charge < -0.3 is 10.4 Å². The number of nitrogens with one attached hydrogen (secondary N) is 1. The molecule has 0 aliphatic heterocycles. The lowest BCUT2D eigenvalue weighted by atomic mass is 10.2. The fourth-order valence-electron chi connectivity index (χ4n) is 1.33. The largest absolute Gasteiger partial charge is 0.396 e. The first kappa shape index (κ1) is 12.1. The van der Waals surface area contributed by atoms with Gasteiger partial charge in [0.1, 0.15) is 11.4 Å². The summed E-state index contributed by atoms with van der Waals surface area (Å²) in [5.74, 6) is 0. The Bertz CT molecular complexity index is 263. The SMILES string of the molecule is Cc1nonc1CNCCCCCCO. The molecule has 0 unspecified atom stereocenters. The van der Waals surface area contributed by atoms with Gasteiger partial charge in [0.05, 0.1) is 0 Å². The minimum atomic E-state index is 0.303. The molecule has 0 aliphatic carbocycles. The number of nitrogens with zero attached hydrogens (tertiary/aromatic N) is 2. The molecule has 0 bridgehead atoms. The average Bonchev–Trinajstić information content (AvgIpc) is 2.63. The third-order valence-corrected chi connectivity index (χ3v) is 2.30. The summed E-state index contributed by atoms with van der Waals surface area (Å²) in [7, 11) is 0. The van der Waals surface area contributed by atoms with Crippen molar-refractivity contribution in [3.63, 3.8) is 0 Å². The van der Waals surface area contributed by atoms with Crippen molar-refractivity contribution in [3.8, 4) is 0 Å². The lowest BCUT2D eigenvalue weighted by molar-refractivity contribution is 0.282. The maximum Gasteiger partial charge on any atom is 0.121 e. The highest BCUT2D eigenvalue weighted by Crippen LogP contribution is 2.00. The van der Waals surface area contributed by atoms with Gasteiger partial charge in [0.15, 0.2) is 0 Å². The van der Waals surface area contributed by atoms with Gasteiger partial charge >= 0.3 is 0 Å². The molecule has 86 valence electrons. The van der Waals surface area contributed by atoms with Crippen LogP contribution in [0.5, 0.6) is 0 Å². The molecule has 0 amide bonds. The maximum absolute atomic E-state index is 8.58. The van der Waals surface area contributed by atoms with Crippen molar-refractivity contribution in [1.82, 2.24) is 15.6 Å². The Morgan fingerprint density at radius 1 is 1.20 bits per heavy atom. The standard InChI is InChI=1S/C10H19N3O2/c1-9-10(13-15-12-9)8-11-6-4-2-3-5-7-14/h11,14H,2-8H2,1H3. The molecule has 1 heterocycles. The summed E-state index contributed by atoms with van der Waals surface area (Å²) in [5, 5.41) is 19.3. The number of rotatable bonds is 8. The first-order valence-corrected chi connectivity index (χ1v) is 5.44. The quantitative estimate of drug-likeness (QED) is 0.631. The number of unbranched alkanes of at least 4 members (excludes halogenated alkanes) is 3. The predicted octanol–water partition coefficient (Wildman–Crippen LogP) is 1.02. The predicted molar refractivity (Wildman–Crippen MR) is 56.3 cm³/mol. The van der Waals surface area contributed by atoms with E-state index in [0.717, 1.165) is 50.2 Å². The number of aliphatic hydroxyl groups excluding tert-OH is 1. The first-order chi connectivity index (χ1) is 7.34. The molecule has 0 saturated carbocycles. The fourth-order valence-corrected chi connectivity index (χ4v) is 1.33. The highest BCUT2D eigenvalue weighted by molar-refractivity contribution is 5.03. The second kappa shape index (κ2) is 7.36. The summed E-state index contributed by atoms with van der Waals surface area (Å²) < 4.78 is 4.59. The molecule has 1 aromatic heterocycles. The Balaban J connectivity index is 1.96. The summed E-state index contributed by atoms with van der Waals surface area (Å²) >= 11 is 0. The summed E-state index contributed by atoms with van der Waals surface area (Å²) in [6, 6.07) is 0. The molecule has 0 atom stereocenters. The van der Waals surface area contributed by atoms with Crippen LogP contribution in [0.2, 0.25) is 0 Å². The van der Waals surface area contributed by atoms with Crippen LogP contribution in [0.15, 0.2) is 4.63 Å². The van der Waals surface area contributed by atoms with E-state index in [2.05, 4.69) is 20.3 Å². The second-order valence-electron chi connectivity index (χ2n) is 3.61. The van der Waals surface area contributed by atoms with Crippen LogP contribution in [0.1, 0.15) is 37.1 Å². The molecule has 0 aromatic carbocycles. The Hall–Kier alpha value is -0.940. The molecule has 1 aromatic rings. The molecule has 5 nitrogen and oxygen atoms in total. The summed E-state index contributed by atoms with van der Waals surface area (Å²) in [4.78, 5) is 0. The van der Waals surface area contributed by atoms with Crippen LogP contribution in [0.4, 0.5) is 0 Å². The number of hydrogen-bond donors (Lipinski definition) is 2. The van der Waals surface area contributed by atoms with Crippen molar-refractivity contribution in [2.45, 2.75) is 39.2 Å². The topological polar surface area (TPSA) is 71.2 Å². The van der Waals surface area contributed by atoms with Gasteiger partial charge in [-0.05, 0) is 26.3 Å². The number of hydrogen-bond acceptors (Lipinski definition) is 5. The van der Waals surface area contributed by atoms with E-state index in [1.165, 1.54) is 0 Å². The van der Waals surface area contributed by atoms with E-state index in [-0.39, 0.29) is 0 Å². The smallest absolute Gasteiger partial charge is 0.121 e. The van der Waals surface area contributed by atoms with E-state index >= 15 is 0 Å². The Morgan fingerprint density at radius 2 is 2.00 bits per heavy atom. The van der Waals surface area contributed by atoms with E-state index in [4.69, 9.17) is 5.11 Å². The van der Waals surface area contributed by atoms with Gasteiger partial charge in [-0.1, -0.05) is 23.2 Å². The van der Waals surface area contributed by atoms with Gasteiger partial charge in [-0.25, -0.2) is 4.63 Å².